The van der Waals surface area contributed by atoms with E-state index < -0.39 is 0 Å². The predicted molar refractivity (Wildman–Crippen MR) is 76.5 cm³/mol. The Kier molecular flexibility index (Phi) is 5.64. The van der Waals surface area contributed by atoms with Gasteiger partial charge in [0.25, 0.3) is 0 Å². The summed E-state index contributed by atoms with van der Waals surface area (Å²) < 4.78 is 0. The standard InChI is InChI=1S/C15H30N2O/c1-6-8-12(2)17(5)14(18)15(3,4)13-9-7-10-16-11-13/h12-13,16H,6-11H2,1-5H3. The number of nitrogens with zero attached hydrogens (tertiary/aromatic N) is 1. The quantitative estimate of drug-likeness (QED) is 0.818. The van der Waals surface area contributed by atoms with Gasteiger partial charge in [-0.2, -0.15) is 0 Å². The molecular formula is C15H30N2O. The van der Waals surface area contributed by atoms with E-state index in [0.717, 1.165) is 25.9 Å². The largest absolute Gasteiger partial charge is 0.343 e. The molecule has 0 saturated carbocycles. The fourth-order valence-corrected chi connectivity index (χ4v) is 2.91. The third-order valence-corrected chi connectivity index (χ3v) is 4.56. The van der Waals surface area contributed by atoms with Gasteiger partial charge in [-0.15, -0.1) is 0 Å². The summed E-state index contributed by atoms with van der Waals surface area (Å²) >= 11 is 0. The van der Waals surface area contributed by atoms with Crippen molar-refractivity contribution in [1.29, 1.82) is 0 Å². The zero-order valence-corrected chi connectivity index (χ0v) is 12.8. The molecule has 1 fully saturated rings. The molecule has 1 amide bonds. The molecule has 0 spiro atoms. The summed E-state index contributed by atoms with van der Waals surface area (Å²) in [7, 11) is 1.96. The van der Waals surface area contributed by atoms with E-state index in [0.29, 0.717) is 17.9 Å². The van der Waals surface area contributed by atoms with Crippen molar-refractivity contribution in [2.75, 3.05) is 20.1 Å². The number of nitrogens with one attached hydrogen (secondary N) is 1. The summed E-state index contributed by atoms with van der Waals surface area (Å²) in [6, 6.07) is 0.346. The van der Waals surface area contributed by atoms with Gasteiger partial charge in [-0.3, -0.25) is 4.79 Å². The van der Waals surface area contributed by atoms with Crippen LogP contribution in [-0.2, 0) is 4.79 Å². The van der Waals surface area contributed by atoms with Crippen LogP contribution in [0.15, 0.2) is 0 Å². The number of hydrogen-bond acceptors (Lipinski definition) is 2. The number of hydrogen-bond donors (Lipinski definition) is 1. The van der Waals surface area contributed by atoms with Crippen LogP contribution in [0.1, 0.15) is 53.4 Å². The van der Waals surface area contributed by atoms with Crippen LogP contribution in [0.3, 0.4) is 0 Å². The van der Waals surface area contributed by atoms with Crippen LogP contribution < -0.4 is 5.32 Å². The summed E-state index contributed by atoms with van der Waals surface area (Å²) in [5.41, 5.74) is -0.246. The Bertz CT molecular complexity index is 270. The third kappa shape index (κ3) is 3.47. The zero-order chi connectivity index (χ0) is 13.8. The monoisotopic (exact) mass is 254 g/mol. The highest BCUT2D eigenvalue weighted by Gasteiger charge is 2.39. The van der Waals surface area contributed by atoms with Gasteiger partial charge in [-0.25, -0.2) is 0 Å². The maximum atomic E-state index is 12.7. The summed E-state index contributed by atoms with van der Waals surface area (Å²) in [6.07, 6.45) is 4.57. The van der Waals surface area contributed by atoms with Gasteiger partial charge in [-0.1, -0.05) is 27.2 Å². The minimum Gasteiger partial charge on any atom is -0.343 e. The van der Waals surface area contributed by atoms with Gasteiger partial charge < -0.3 is 10.2 Å². The predicted octanol–water partition coefficient (Wildman–Crippen LogP) is 2.66. The molecule has 1 aliphatic rings. The van der Waals surface area contributed by atoms with Crippen LogP contribution >= 0.6 is 0 Å². The number of rotatable bonds is 5. The smallest absolute Gasteiger partial charge is 0.228 e. The fourth-order valence-electron chi connectivity index (χ4n) is 2.91. The molecule has 0 aromatic heterocycles. The number of carbonyl (C=O) groups excluding carboxylic acids is 1. The highest BCUT2D eigenvalue weighted by molar-refractivity contribution is 5.82. The van der Waals surface area contributed by atoms with E-state index in [1.54, 1.807) is 0 Å². The van der Waals surface area contributed by atoms with Crippen molar-refractivity contribution in [3.05, 3.63) is 0 Å². The van der Waals surface area contributed by atoms with Crippen LogP contribution in [0.4, 0.5) is 0 Å². The Labute approximate surface area is 112 Å². The van der Waals surface area contributed by atoms with E-state index in [-0.39, 0.29) is 5.41 Å². The summed E-state index contributed by atoms with van der Waals surface area (Å²) in [5.74, 6) is 0.771. The van der Waals surface area contributed by atoms with E-state index in [4.69, 9.17) is 0 Å². The zero-order valence-electron chi connectivity index (χ0n) is 12.8. The van der Waals surface area contributed by atoms with Gasteiger partial charge in [0.2, 0.25) is 5.91 Å². The van der Waals surface area contributed by atoms with E-state index in [9.17, 15) is 4.79 Å². The van der Waals surface area contributed by atoms with Crippen LogP contribution in [0.2, 0.25) is 0 Å². The maximum absolute atomic E-state index is 12.7. The molecule has 2 atom stereocenters. The van der Waals surface area contributed by atoms with Crippen molar-refractivity contribution >= 4 is 5.91 Å². The van der Waals surface area contributed by atoms with Crippen molar-refractivity contribution < 1.29 is 4.79 Å². The average Bonchev–Trinajstić information content (AvgIpc) is 2.38. The Morgan fingerprint density at radius 2 is 2.17 bits per heavy atom. The minimum atomic E-state index is -0.246. The van der Waals surface area contributed by atoms with Gasteiger partial charge in [0.1, 0.15) is 0 Å². The van der Waals surface area contributed by atoms with Gasteiger partial charge >= 0.3 is 0 Å². The molecule has 3 nitrogen and oxygen atoms in total. The minimum absolute atomic E-state index is 0.246. The molecule has 0 aliphatic carbocycles. The van der Waals surface area contributed by atoms with E-state index in [2.05, 4.69) is 33.0 Å². The molecular weight excluding hydrogens is 224 g/mol. The molecule has 3 heteroatoms. The Balaban J connectivity index is 2.67. The van der Waals surface area contributed by atoms with Crippen molar-refractivity contribution in [2.24, 2.45) is 11.3 Å². The Morgan fingerprint density at radius 1 is 1.50 bits per heavy atom. The van der Waals surface area contributed by atoms with Gasteiger partial charge in [0.15, 0.2) is 0 Å². The van der Waals surface area contributed by atoms with Gasteiger partial charge in [0, 0.05) is 18.5 Å². The normalized spacial score (nSPS) is 22.6. The molecule has 106 valence electrons. The first kappa shape index (κ1) is 15.5. The molecule has 1 heterocycles. The molecule has 1 N–H and O–H groups in total. The summed E-state index contributed by atoms with van der Waals surface area (Å²) in [5, 5.41) is 3.42. The molecule has 1 rings (SSSR count). The third-order valence-electron chi connectivity index (χ3n) is 4.56. The molecule has 1 saturated heterocycles. The summed E-state index contributed by atoms with van der Waals surface area (Å²) in [4.78, 5) is 14.6. The van der Waals surface area contributed by atoms with E-state index in [1.807, 2.05) is 11.9 Å². The van der Waals surface area contributed by atoms with Crippen LogP contribution in [-0.4, -0.2) is 37.0 Å². The van der Waals surface area contributed by atoms with Gasteiger partial charge in [0.05, 0.1) is 0 Å². The highest BCUT2D eigenvalue weighted by Crippen LogP contribution is 2.34. The van der Waals surface area contributed by atoms with Crippen LogP contribution in [0.5, 0.6) is 0 Å². The topological polar surface area (TPSA) is 32.3 Å². The maximum Gasteiger partial charge on any atom is 0.228 e. The lowest BCUT2D eigenvalue weighted by molar-refractivity contribution is -0.144. The van der Waals surface area contributed by atoms with Crippen molar-refractivity contribution in [2.45, 2.75) is 59.4 Å². The first-order valence-electron chi connectivity index (χ1n) is 7.39. The number of amides is 1. The second-order valence-electron chi connectivity index (χ2n) is 6.32. The number of carbonyl (C=O) groups is 1. The second kappa shape index (κ2) is 6.55. The lowest BCUT2D eigenvalue weighted by Gasteiger charge is -2.40. The number of piperidine rings is 1. The van der Waals surface area contributed by atoms with Crippen molar-refractivity contribution in [3.63, 3.8) is 0 Å². The first-order chi connectivity index (χ1) is 8.41. The molecule has 0 bridgehead atoms. The lowest BCUT2D eigenvalue weighted by Crippen LogP contribution is -2.49. The van der Waals surface area contributed by atoms with Gasteiger partial charge in [-0.05, 0) is 45.2 Å². The van der Waals surface area contributed by atoms with Crippen LogP contribution in [0, 0.1) is 11.3 Å². The molecule has 0 radical (unpaired) electrons. The fraction of sp³-hybridized carbons (Fsp3) is 0.933. The summed E-state index contributed by atoms with van der Waals surface area (Å²) in [6.45, 7) is 10.6. The lowest BCUT2D eigenvalue weighted by atomic mass is 9.74. The second-order valence-corrected chi connectivity index (χ2v) is 6.32. The molecule has 0 aromatic rings. The van der Waals surface area contributed by atoms with E-state index in [1.165, 1.54) is 12.8 Å². The highest BCUT2D eigenvalue weighted by atomic mass is 16.2. The molecule has 18 heavy (non-hydrogen) atoms. The van der Waals surface area contributed by atoms with Crippen molar-refractivity contribution in [3.8, 4) is 0 Å². The van der Waals surface area contributed by atoms with Crippen molar-refractivity contribution in [1.82, 2.24) is 10.2 Å². The first-order valence-corrected chi connectivity index (χ1v) is 7.39. The molecule has 0 aromatic carbocycles. The van der Waals surface area contributed by atoms with Crippen LogP contribution in [0.25, 0.3) is 0 Å². The Hall–Kier alpha value is -0.570. The molecule has 1 aliphatic heterocycles. The Morgan fingerprint density at radius 3 is 2.67 bits per heavy atom. The SMILES string of the molecule is CCCC(C)N(C)C(=O)C(C)(C)C1CCCNC1. The average molecular weight is 254 g/mol. The van der Waals surface area contributed by atoms with E-state index >= 15 is 0 Å². The molecule has 2 unspecified atom stereocenters.